The Morgan fingerprint density at radius 2 is 2.00 bits per heavy atom. The molecule has 1 N–H and O–H groups in total. The van der Waals surface area contributed by atoms with Gasteiger partial charge in [0.05, 0.1) is 6.33 Å². The molecule has 0 fully saturated rings. The molecule has 1 heterocycles. The minimum absolute atomic E-state index is 0.135. The van der Waals surface area contributed by atoms with Gasteiger partial charge in [0.25, 0.3) is 0 Å². The number of benzene rings is 1. The molecule has 0 saturated heterocycles. The Kier molecular flexibility index (Phi) is 3.18. The average Bonchev–Trinajstić information content (AvgIpc) is 2.79. The van der Waals surface area contributed by atoms with E-state index >= 15 is 0 Å². The Labute approximate surface area is 101 Å². The number of halogens is 2. The van der Waals surface area contributed by atoms with E-state index in [0.717, 1.165) is 24.3 Å². The maximum Gasteiger partial charge on any atom is 0.328 e. The molecule has 92 valence electrons. The highest BCUT2D eigenvalue weighted by Crippen LogP contribution is 2.20. The summed E-state index contributed by atoms with van der Waals surface area (Å²) in [6.45, 7) is 0. The van der Waals surface area contributed by atoms with Gasteiger partial charge in [-0.3, -0.25) is 0 Å². The molecule has 0 aliphatic carbocycles. The molecular formula is C12H8F2N2O2. The molecule has 18 heavy (non-hydrogen) atoms. The minimum Gasteiger partial charge on any atom is -0.478 e. The van der Waals surface area contributed by atoms with Gasteiger partial charge in [0.1, 0.15) is 5.69 Å². The van der Waals surface area contributed by atoms with Crippen molar-refractivity contribution in [1.29, 1.82) is 0 Å². The minimum atomic E-state index is -1.19. The molecular weight excluding hydrogens is 242 g/mol. The number of aliphatic carboxylic acids is 1. The first-order chi connectivity index (χ1) is 8.58. The van der Waals surface area contributed by atoms with Gasteiger partial charge < -0.3 is 9.67 Å². The van der Waals surface area contributed by atoms with Crippen LogP contribution in [0, 0.1) is 11.6 Å². The van der Waals surface area contributed by atoms with Crippen molar-refractivity contribution in [3.05, 3.63) is 54.1 Å². The van der Waals surface area contributed by atoms with Crippen LogP contribution >= 0.6 is 0 Å². The van der Waals surface area contributed by atoms with E-state index in [1.165, 1.54) is 23.3 Å². The summed E-state index contributed by atoms with van der Waals surface area (Å²) in [6, 6.07) is 2.11. The maximum absolute atomic E-state index is 13.7. The first-order valence-corrected chi connectivity index (χ1v) is 4.96. The molecule has 0 atom stereocenters. The predicted octanol–water partition coefficient (Wildman–Crippen LogP) is 2.25. The summed E-state index contributed by atoms with van der Waals surface area (Å²) < 4.78 is 28.7. The molecule has 0 aliphatic heterocycles. The van der Waals surface area contributed by atoms with Gasteiger partial charge in [-0.2, -0.15) is 0 Å². The smallest absolute Gasteiger partial charge is 0.328 e. The van der Waals surface area contributed by atoms with E-state index in [0.29, 0.717) is 0 Å². The molecule has 0 bridgehead atoms. The first-order valence-electron chi connectivity index (χ1n) is 4.96. The second kappa shape index (κ2) is 4.79. The van der Waals surface area contributed by atoms with Crippen LogP contribution in [0.1, 0.15) is 5.56 Å². The topological polar surface area (TPSA) is 55.1 Å². The monoisotopic (exact) mass is 250 g/mol. The van der Waals surface area contributed by atoms with Crippen molar-refractivity contribution >= 4 is 12.0 Å². The van der Waals surface area contributed by atoms with Gasteiger partial charge in [-0.25, -0.2) is 18.6 Å². The van der Waals surface area contributed by atoms with Gasteiger partial charge in [-0.1, -0.05) is 0 Å². The van der Waals surface area contributed by atoms with Crippen LogP contribution < -0.4 is 0 Å². The Hall–Kier alpha value is -2.50. The fourth-order valence-electron chi connectivity index (χ4n) is 1.49. The number of aromatic nitrogens is 2. The fourth-order valence-corrected chi connectivity index (χ4v) is 1.49. The summed E-state index contributed by atoms with van der Waals surface area (Å²) in [5.41, 5.74) is -0.115. The molecule has 0 amide bonds. The van der Waals surface area contributed by atoms with Crippen LogP contribution in [0.15, 0.2) is 36.9 Å². The summed E-state index contributed by atoms with van der Waals surface area (Å²) in [6.07, 6.45) is 6.01. The summed E-state index contributed by atoms with van der Waals surface area (Å²) in [5.74, 6) is -2.77. The molecule has 6 heteroatoms. The average molecular weight is 250 g/mol. The number of carboxylic acids is 1. The van der Waals surface area contributed by atoms with Crippen molar-refractivity contribution in [3.8, 4) is 5.69 Å². The molecule has 0 aliphatic rings. The number of rotatable bonds is 3. The lowest BCUT2D eigenvalue weighted by atomic mass is 10.1. The largest absolute Gasteiger partial charge is 0.478 e. The van der Waals surface area contributed by atoms with E-state index < -0.39 is 17.6 Å². The Morgan fingerprint density at radius 1 is 1.33 bits per heavy atom. The lowest BCUT2D eigenvalue weighted by Gasteiger charge is -2.06. The lowest BCUT2D eigenvalue weighted by molar-refractivity contribution is -0.131. The first kappa shape index (κ1) is 12.0. The molecule has 1 aromatic heterocycles. The Bertz CT molecular complexity index is 584. The van der Waals surface area contributed by atoms with Crippen LogP contribution in [0.5, 0.6) is 0 Å². The zero-order valence-electron chi connectivity index (χ0n) is 9.05. The van der Waals surface area contributed by atoms with E-state index in [9.17, 15) is 13.6 Å². The molecule has 2 rings (SSSR count). The lowest BCUT2D eigenvalue weighted by Crippen LogP contribution is -2.00. The Morgan fingerprint density at radius 3 is 2.50 bits per heavy atom. The van der Waals surface area contributed by atoms with Crippen LogP contribution in [0.3, 0.4) is 0 Å². The molecule has 0 unspecified atom stereocenters. The van der Waals surface area contributed by atoms with Gasteiger partial charge in [-0.15, -0.1) is 0 Å². The predicted molar refractivity (Wildman–Crippen MR) is 60.1 cm³/mol. The van der Waals surface area contributed by atoms with Crippen molar-refractivity contribution in [2.24, 2.45) is 0 Å². The van der Waals surface area contributed by atoms with Crippen LogP contribution in [0.25, 0.3) is 11.8 Å². The summed E-state index contributed by atoms with van der Waals surface area (Å²) in [5, 5.41) is 8.43. The number of hydrogen-bond acceptors (Lipinski definition) is 2. The van der Waals surface area contributed by atoms with Crippen molar-refractivity contribution in [2.75, 3.05) is 0 Å². The van der Waals surface area contributed by atoms with E-state index in [1.54, 1.807) is 0 Å². The Balaban J connectivity index is 2.45. The second-order valence-corrected chi connectivity index (χ2v) is 3.47. The van der Waals surface area contributed by atoms with Gasteiger partial charge in [-0.05, 0) is 23.8 Å². The number of nitrogens with zero attached hydrogens (tertiary/aromatic N) is 2. The number of hydrogen-bond donors (Lipinski definition) is 1. The maximum atomic E-state index is 13.7. The quantitative estimate of drug-likeness (QED) is 0.850. The second-order valence-electron chi connectivity index (χ2n) is 3.47. The number of carbonyl (C=O) groups is 1. The zero-order valence-corrected chi connectivity index (χ0v) is 9.05. The highest BCUT2D eigenvalue weighted by Gasteiger charge is 2.11. The summed E-state index contributed by atoms with van der Waals surface area (Å²) >= 11 is 0. The van der Waals surface area contributed by atoms with Gasteiger partial charge in [0, 0.05) is 18.5 Å². The van der Waals surface area contributed by atoms with Crippen molar-refractivity contribution in [3.63, 3.8) is 0 Å². The molecule has 1 aromatic carbocycles. The molecule has 0 saturated carbocycles. The van der Waals surface area contributed by atoms with Crippen molar-refractivity contribution < 1.29 is 18.7 Å². The van der Waals surface area contributed by atoms with Gasteiger partial charge >= 0.3 is 5.97 Å². The van der Waals surface area contributed by atoms with E-state index in [4.69, 9.17) is 5.11 Å². The third-order valence-corrected chi connectivity index (χ3v) is 2.22. The normalized spacial score (nSPS) is 11.0. The third-order valence-electron chi connectivity index (χ3n) is 2.22. The molecule has 0 radical (unpaired) electrons. The van der Waals surface area contributed by atoms with Crippen LogP contribution in [0.4, 0.5) is 8.78 Å². The highest BCUT2D eigenvalue weighted by atomic mass is 19.1. The summed E-state index contributed by atoms with van der Waals surface area (Å²) in [4.78, 5) is 14.0. The molecule has 0 spiro atoms. The fraction of sp³-hybridized carbons (Fsp3) is 0. The zero-order chi connectivity index (χ0) is 13.1. The van der Waals surface area contributed by atoms with Crippen LogP contribution in [0.2, 0.25) is 0 Å². The third kappa shape index (κ3) is 2.42. The number of carboxylic acid groups (broad SMARTS) is 1. The van der Waals surface area contributed by atoms with Crippen LogP contribution in [-0.2, 0) is 4.79 Å². The number of imidazole rings is 1. The SMILES string of the molecule is O=C(O)C=Cc1cc(F)c(-n2ccnc2)c(F)c1. The van der Waals surface area contributed by atoms with E-state index in [1.807, 2.05) is 0 Å². The highest BCUT2D eigenvalue weighted by molar-refractivity contribution is 5.85. The van der Waals surface area contributed by atoms with Crippen molar-refractivity contribution in [2.45, 2.75) is 0 Å². The van der Waals surface area contributed by atoms with Gasteiger partial charge in [0.15, 0.2) is 11.6 Å². The van der Waals surface area contributed by atoms with Crippen LogP contribution in [-0.4, -0.2) is 20.6 Å². The molecule has 4 nitrogen and oxygen atoms in total. The van der Waals surface area contributed by atoms with E-state index in [2.05, 4.69) is 4.98 Å². The summed E-state index contributed by atoms with van der Waals surface area (Å²) in [7, 11) is 0. The van der Waals surface area contributed by atoms with Gasteiger partial charge in [0.2, 0.25) is 0 Å². The van der Waals surface area contributed by atoms with E-state index in [-0.39, 0.29) is 11.3 Å². The standard InChI is InChI=1S/C12H8F2N2O2/c13-9-5-8(1-2-11(17)18)6-10(14)12(9)16-4-3-15-7-16/h1-7H,(H,17,18). The molecule has 2 aromatic rings. The van der Waals surface area contributed by atoms with Crippen molar-refractivity contribution in [1.82, 2.24) is 9.55 Å².